The van der Waals surface area contributed by atoms with E-state index in [-0.39, 0.29) is 0 Å². The Morgan fingerprint density at radius 3 is 2.70 bits per heavy atom. The summed E-state index contributed by atoms with van der Waals surface area (Å²) in [6.45, 7) is 0. The van der Waals surface area contributed by atoms with Crippen LogP contribution in [0.2, 0.25) is 10.0 Å². The summed E-state index contributed by atoms with van der Waals surface area (Å²) in [5.74, 6) is 0. The zero-order valence-electron chi connectivity index (χ0n) is 10.3. The van der Waals surface area contributed by atoms with E-state index >= 15 is 0 Å². The topological polar surface area (TPSA) is 46.0 Å². The molecule has 3 rings (SSSR count). The molecule has 1 aromatic carbocycles. The summed E-state index contributed by atoms with van der Waals surface area (Å²) in [4.78, 5) is 8.40. The second-order valence-electron chi connectivity index (χ2n) is 4.34. The minimum atomic E-state index is -0.923. The van der Waals surface area contributed by atoms with Crippen LogP contribution >= 0.6 is 23.2 Å². The second-order valence-corrected chi connectivity index (χ2v) is 5.18. The lowest BCUT2D eigenvalue weighted by Crippen LogP contribution is -2.04. The molecule has 1 atom stereocenters. The first-order valence-electron chi connectivity index (χ1n) is 5.99. The fraction of sp³-hybridized carbons (Fsp3) is 0.0667. The van der Waals surface area contributed by atoms with E-state index in [9.17, 15) is 5.11 Å². The number of aliphatic hydroxyl groups is 1. The van der Waals surface area contributed by atoms with Crippen LogP contribution in [-0.4, -0.2) is 15.1 Å². The monoisotopic (exact) mass is 304 g/mol. The van der Waals surface area contributed by atoms with Crippen LogP contribution in [0.15, 0.2) is 48.8 Å². The van der Waals surface area contributed by atoms with Crippen molar-refractivity contribution in [1.29, 1.82) is 0 Å². The van der Waals surface area contributed by atoms with Gasteiger partial charge in [0.15, 0.2) is 0 Å². The van der Waals surface area contributed by atoms with Crippen LogP contribution in [0, 0.1) is 0 Å². The van der Waals surface area contributed by atoms with Crippen LogP contribution in [0.1, 0.15) is 17.4 Å². The summed E-state index contributed by atoms with van der Waals surface area (Å²) in [6.07, 6.45) is 2.26. The van der Waals surface area contributed by atoms with Crippen molar-refractivity contribution in [2.75, 3.05) is 0 Å². The number of aromatic nitrogens is 2. The van der Waals surface area contributed by atoms with Gasteiger partial charge < -0.3 is 5.11 Å². The van der Waals surface area contributed by atoms with Gasteiger partial charge in [-0.25, -0.2) is 0 Å². The van der Waals surface area contributed by atoms with E-state index < -0.39 is 6.10 Å². The van der Waals surface area contributed by atoms with Gasteiger partial charge in [0.2, 0.25) is 0 Å². The summed E-state index contributed by atoms with van der Waals surface area (Å²) < 4.78 is 0. The predicted octanol–water partition coefficient (Wildman–Crippen LogP) is 4.02. The number of nitrogens with zero attached hydrogens (tertiary/aromatic N) is 2. The predicted molar refractivity (Wildman–Crippen MR) is 80.1 cm³/mol. The van der Waals surface area contributed by atoms with E-state index in [2.05, 4.69) is 9.97 Å². The first-order valence-corrected chi connectivity index (χ1v) is 6.75. The molecule has 0 bridgehead atoms. The molecule has 0 amide bonds. The van der Waals surface area contributed by atoms with Crippen molar-refractivity contribution in [1.82, 2.24) is 9.97 Å². The van der Waals surface area contributed by atoms with Crippen LogP contribution in [-0.2, 0) is 0 Å². The molecule has 2 aromatic heterocycles. The molecule has 100 valence electrons. The normalized spacial score (nSPS) is 12.6. The minimum Gasteiger partial charge on any atom is -0.382 e. The standard InChI is InChI=1S/C15H10Cl2N2O/c16-9-7-12(17)14(19-8-9)15(20)11-3-1-5-13-10(11)4-2-6-18-13/h1-8,15,20H. The maximum Gasteiger partial charge on any atom is 0.123 e. The van der Waals surface area contributed by atoms with Crippen LogP contribution in [0.4, 0.5) is 0 Å². The van der Waals surface area contributed by atoms with Crippen molar-refractivity contribution in [2.45, 2.75) is 6.10 Å². The Hall–Kier alpha value is -1.68. The highest BCUT2D eigenvalue weighted by molar-refractivity contribution is 6.34. The summed E-state index contributed by atoms with van der Waals surface area (Å²) in [5.41, 5.74) is 1.91. The lowest BCUT2D eigenvalue weighted by molar-refractivity contribution is 0.217. The van der Waals surface area contributed by atoms with Gasteiger partial charge in [-0.05, 0) is 23.8 Å². The molecule has 5 heteroatoms. The fourth-order valence-corrected chi connectivity index (χ4v) is 2.62. The number of aliphatic hydroxyl groups excluding tert-OH is 1. The number of halogens is 2. The fourth-order valence-electron chi connectivity index (χ4n) is 2.14. The van der Waals surface area contributed by atoms with Gasteiger partial charge >= 0.3 is 0 Å². The number of benzene rings is 1. The van der Waals surface area contributed by atoms with Crippen molar-refractivity contribution in [3.8, 4) is 0 Å². The average molecular weight is 305 g/mol. The highest BCUT2D eigenvalue weighted by atomic mass is 35.5. The molecule has 0 radical (unpaired) electrons. The molecule has 0 aliphatic rings. The van der Waals surface area contributed by atoms with Crippen molar-refractivity contribution in [3.05, 3.63) is 70.1 Å². The second kappa shape index (κ2) is 5.37. The van der Waals surface area contributed by atoms with Crippen molar-refractivity contribution < 1.29 is 5.11 Å². The minimum absolute atomic E-state index is 0.339. The first kappa shape index (κ1) is 13.3. The maximum atomic E-state index is 10.5. The van der Waals surface area contributed by atoms with E-state index in [0.29, 0.717) is 21.3 Å². The molecular weight excluding hydrogens is 295 g/mol. The molecule has 0 aliphatic carbocycles. The van der Waals surface area contributed by atoms with E-state index in [4.69, 9.17) is 23.2 Å². The zero-order valence-corrected chi connectivity index (χ0v) is 11.8. The SMILES string of the molecule is OC(c1ncc(Cl)cc1Cl)c1cccc2ncccc12. The Kier molecular flexibility index (Phi) is 3.57. The average Bonchev–Trinajstić information content (AvgIpc) is 2.46. The Balaban J connectivity index is 2.15. The van der Waals surface area contributed by atoms with Gasteiger partial charge in [-0.2, -0.15) is 0 Å². The first-order chi connectivity index (χ1) is 9.66. The molecule has 0 saturated heterocycles. The Morgan fingerprint density at radius 1 is 1.05 bits per heavy atom. The third-order valence-corrected chi connectivity index (χ3v) is 3.58. The van der Waals surface area contributed by atoms with Gasteiger partial charge in [-0.3, -0.25) is 9.97 Å². The van der Waals surface area contributed by atoms with Gasteiger partial charge in [0.1, 0.15) is 6.10 Å². The maximum absolute atomic E-state index is 10.5. The summed E-state index contributed by atoms with van der Waals surface area (Å²) >= 11 is 11.9. The van der Waals surface area contributed by atoms with Crippen molar-refractivity contribution >= 4 is 34.1 Å². The number of rotatable bonds is 2. The number of hydrogen-bond acceptors (Lipinski definition) is 3. The molecule has 20 heavy (non-hydrogen) atoms. The molecule has 0 fully saturated rings. The van der Waals surface area contributed by atoms with Gasteiger partial charge in [0.25, 0.3) is 0 Å². The van der Waals surface area contributed by atoms with E-state index in [1.54, 1.807) is 12.3 Å². The van der Waals surface area contributed by atoms with E-state index in [0.717, 1.165) is 10.9 Å². The van der Waals surface area contributed by atoms with Crippen molar-refractivity contribution in [2.24, 2.45) is 0 Å². The van der Waals surface area contributed by atoms with Gasteiger partial charge in [0, 0.05) is 17.8 Å². The van der Waals surface area contributed by atoms with Gasteiger partial charge in [0.05, 0.1) is 21.3 Å². The lowest BCUT2D eigenvalue weighted by atomic mass is 10.0. The van der Waals surface area contributed by atoms with Gasteiger partial charge in [-0.1, -0.05) is 41.4 Å². The largest absolute Gasteiger partial charge is 0.382 e. The van der Waals surface area contributed by atoms with E-state index in [1.165, 1.54) is 6.20 Å². The molecular formula is C15H10Cl2N2O. The highest BCUT2D eigenvalue weighted by Crippen LogP contribution is 2.31. The van der Waals surface area contributed by atoms with Crippen molar-refractivity contribution in [3.63, 3.8) is 0 Å². The van der Waals surface area contributed by atoms with Crippen LogP contribution in [0.25, 0.3) is 10.9 Å². The molecule has 3 aromatic rings. The third kappa shape index (κ3) is 2.36. The Morgan fingerprint density at radius 2 is 1.90 bits per heavy atom. The molecule has 0 spiro atoms. The Bertz CT molecular complexity index is 771. The van der Waals surface area contributed by atoms with Crippen LogP contribution in [0.5, 0.6) is 0 Å². The lowest BCUT2D eigenvalue weighted by Gasteiger charge is -2.14. The molecule has 3 nitrogen and oxygen atoms in total. The van der Waals surface area contributed by atoms with Crippen LogP contribution in [0.3, 0.4) is 0 Å². The number of hydrogen-bond donors (Lipinski definition) is 1. The molecule has 1 N–H and O–H groups in total. The van der Waals surface area contributed by atoms with E-state index in [1.807, 2.05) is 30.3 Å². The quantitative estimate of drug-likeness (QED) is 0.778. The smallest absolute Gasteiger partial charge is 0.123 e. The zero-order chi connectivity index (χ0) is 14.1. The summed E-state index contributed by atoms with van der Waals surface area (Å²) in [5, 5.41) is 12.2. The van der Waals surface area contributed by atoms with Gasteiger partial charge in [-0.15, -0.1) is 0 Å². The summed E-state index contributed by atoms with van der Waals surface area (Å²) in [7, 11) is 0. The molecule has 2 heterocycles. The van der Waals surface area contributed by atoms with Crippen LogP contribution < -0.4 is 0 Å². The third-order valence-electron chi connectivity index (χ3n) is 3.07. The molecule has 0 saturated carbocycles. The Labute approximate surface area is 125 Å². The highest BCUT2D eigenvalue weighted by Gasteiger charge is 2.18. The number of pyridine rings is 2. The molecule has 1 unspecified atom stereocenters. The molecule has 0 aliphatic heterocycles. The number of fused-ring (bicyclic) bond motifs is 1. The summed E-state index contributed by atoms with van der Waals surface area (Å²) in [6, 6.07) is 10.9.